The van der Waals surface area contributed by atoms with Crippen molar-refractivity contribution < 1.29 is 18.7 Å². The highest BCUT2D eigenvalue weighted by Gasteiger charge is 2.26. The Morgan fingerprint density at radius 3 is 2.53 bits per heavy atom. The van der Waals surface area contributed by atoms with Gasteiger partial charge in [-0.15, -0.1) is 0 Å². The monoisotopic (exact) mass is 432 g/mol. The third-order valence-electron chi connectivity index (χ3n) is 5.41. The molecular weight excluding hydrogens is 408 g/mol. The lowest BCUT2D eigenvalue weighted by Gasteiger charge is -2.35. The molecule has 0 N–H and O–H groups in total. The molecule has 32 heavy (non-hydrogen) atoms. The Hall–Kier alpha value is -3.99. The molecule has 1 saturated heterocycles. The van der Waals surface area contributed by atoms with Gasteiger partial charge in [-0.05, 0) is 49.4 Å². The molecular formula is C24H24N4O4. The first-order valence-electron chi connectivity index (χ1n) is 10.3. The van der Waals surface area contributed by atoms with Gasteiger partial charge in [0.05, 0.1) is 24.3 Å². The van der Waals surface area contributed by atoms with Crippen LogP contribution >= 0.6 is 0 Å². The molecule has 1 aromatic carbocycles. The summed E-state index contributed by atoms with van der Waals surface area (Å²) >= 11 is 0. The molecule has 164 valence electrons. The molecule has 0 bridgehead atoms. The summed E-state index contributed by atoms with van der Waals surface area (Å²) < 4.78 is 16.7. The summed E-state index contributed by atoms with van der Waals surface area (Å²) in [6.07, 6.45) is 1.63. The van der Waals surface area contributed by atoms with Gasteiger partial charge in [-0.3, -0.25) is 4.79 Å². The summed E-state index contributed by atoms with van der Waals surface area (Å²) in [7, 11) is 1.61. The van der Waals surface area contributed by atoms with Gasteiger partial charge in [0, 0.05) is 32.4 Å². The number of methoxy groups -OCH3 is 1. The zero-order valence-electron chi connectivity index (χ0n) is 18.1. The third kappa shape index (κ3) is 4.67. The summed E-state index contributed by atoms with van der Waals surface area (Å²) in [5.74, 6) is 3.33. The number of rotatable bonds is 6. The van der Waals surface area contributed by atoms with Crippen LogP contribution in [0.15, 0.2) is 53.1 Å². The van der Waals surface area contributed by atoms with Crippen molar-refractivity contribution in [2.45, 2.75) is 13.5 Å². The second-order valence-corrected chi connectivity index (χ2v) is 7.44. The zero-order chi connectivity index (χ0) is 22.5. The van der Waals surface area contributed by atoms with E-state index in [0.29, 0.717) is 54.6 Å². The fourth-order valence-electron chi connectivity index (χ4n) is 3.62. The van der Waals surface area contributed by atoms with Crippen molar-refractivity contribution in [3.63, 3.8) is 0 Å². The summed E-state index contributed by atoms with van der Waals surface area (Å²) in [6, 6.07) is 14.6. The first-order chi connectivity index (χ1) is 15.6. The number of amides is 1. The summed E-state index contributed by atoms with van der Waals surface area (Å²) in [4.78, 5) is 21.3. The minimum absolute atomic E-state index is 0.0552. The molecule has 0 spiro atoms. The minimum Gasteiger partial charge on any atom is -0.497 e. The zero-order valence-corrected chi connectivity index (χ0v) is 18.1. The highest BCUT2D eigenvalue weighted by molar-refractivity contribution is 5.95. The van der Waals surface area contributed by atoms with Gasteiger partial charge in [0.2, 0.25) is 0 Å². The van der Waals surface area contributed by atoms with E-state index in [0.717, 1.165) is 11.6 Å². The van der Waals surface area contributed by atoms with E-state index in [1.165, 1.54) is 0 Å². The number of carbonyl (C=O) groups is 1. The van der Waals surface area contributed by atoms with Crippen LogP contribution in [0, 0.1) is 18.3 Å². The van der Waals surface area contributed by atoms with Crippen LogP contribution in [0.3, 0.4) is 0 Å². The lowest BCUT2D eigenvalue weighted by molar-refractivity contribution is 0.0744. The molecule has 0 saturated carbocycles. The van der Waals surface area contributed by atoms with E-state index in [1.807, 2.05) is 29.2 Å². The predicted octanol–water partition coefficient (Wildman–Crippen LogP) is 3.40. The number of nitrogens with zero attached hydrogens (tertiary/aromatic N) is 4. The number of furan rings is 1. The second-order valence-electron chi connectivity index (χ2n) is 7.44. The van der Waals surface area contributed by atoms with Crippen molar-refractivity contribution in [1.29, 1.82) is 5.26 Å². The van der Waals surface area contributed by atoms with Crippen LogP contribution in [-0.4, -0.2) is 49.1 Å². The predicted molar refractivity (Wildman–Crippen MR) is 118 cm³/mol. The van der Waals surface area contributed by atoms with Gasteiger partial charge in [-0.2, -0.15) is 5.26 Å². The number of nitriles is 1. The summed E-state index contributed by atoms with van der Waals surface area (Å²) in [5.41, 5.74) is 1.13. The van der Waals surface area contributed by atoms with Crippen molar-refractivity contribution in [3.8, 4) is 17.6 Å². The normalized spacial score (nSPS) is 13.5. The highest BCUT2D eigenvalue weighted by Crippen LogP contribution is 2.22. The Labute approximate surface area is 186 Å². The van der Waals surface area contributed by atoms with Crippen LogP contribution in [0.2, 0.25) is 0 Å². The van der Waals surface area contributed by atoms with Gasteiger partial charge in [0.1, 0.15) is 35.4 Å². The Morgan fingerprint density at radius 2 is 1.84 bits per heavy atom. The molecule has 0 aliphatic carbocycles. The number of aromatic nitrogens is 1. The minimum atomic E-state index is -0.0552. The van der Waals surface area contributed by atoms with Crippen LogP contribution < -0.4 is 14.4 Å². The number of piperazine rings is 1. The van der Waals surface area contributed by atoms with Crippen molar-refractivity contribution in [1.82, 2.24) is 9.88 Å². The van der Waals surface area contributed by atoms with E-state index in [9.17, 15) is 4.79 Å². The Kier molecular flexibility index (Phi) is 6.26. The maximum Gasteiger partial charge on any atom is 0.257 e. The smallest absolute Gasteiger partial charge is 0.257 e. The fraction of sp³-hybridized carbons (Fsp3) is 0.292. The molecule has 8 nitrogen and oxygen atoms in total. The van der Waals surface area contributed by atoms with E-state index < -0.39 is 0 Å². The molecule has 1 amide bonds. The molecule has 1 aliphatic rings. The Morgan fingerprint density at radius 1 is 1.12 bits per heavy atom. The van der Waals surface area contributed by atoms with Gasteiger partial charge in [-0.25, -0.2) is 4.98 Å². The van der Waals surface area contributed by atoms with E-state index in [1.54, 1.807) is 38.4 Å². The maximum absolute atomic E-state index is 13.1. The maximum atomic E-state index is 13.1. The average molecular weight is 432 g/mol. The topological polar surface area (TPSA) is 91.8 Å². The lowest BCUT2D eigenvalue weighted by Crippen LogP contribution is -2.49. The SMILES string of the molecule is COc1ccc(OCc2cc(C(=O)N3CCN(c4cc(C#N)ccn4)CC3)c(C)o2)cc1. The van der Waals surface area contributed by atoms with E-state index in [4.69, 9.17) is 19.2 Å². The molecule has 1 fully saturated rings. The van der Waals surface area contributed by atoms with Crippen LogP contribution in [-0.2, 0) is 6.61 Å². The molecule has 2 aromatic heterocycles. The van der Waals surface area contributed by atoms with Gasteiger partial charge in [-0.1, -0.05) is 0 Å². The summed E-state index contributed by atoms with van der Waals surface area (Å²) in [6.45, 7) is 4.46. The Balaban J connectivity index is 1.35. The van der Waals surface area contributed by atoms with Crippen LogP contribution in [0.5, 0.6) is 11.5 Å². The quantitative estimate of drug-likeness (QED) is 0.589. The number of hydrogen-bond donors (Lipinski definition) is 0. The largest absolute Gasteiger partial charge is 0.497 e. The highest BCUT2D eigenvalue weighted by atomic mass is 16.5. The van der Waals surface area contributed by atoms with Crippen LogP contribution in [0.4, 0.5) is 5.82 Å². The van der Waals surface area contributed by atoms with E-state index in [2.05, 4.69) is 16.0 Å². The fourth-order valence-corrected chi connectivity index (χ4v) is 3.62. The number of benzene rings is 1. The number of anilines is 1. The van der Waals surface area contributed by atoms with Gasteiger partial charge in [0.25, 0.3) is 5.91 Å². The molecule has 0 unspecified atom stereocenters. The number of aryl methyl sites for hydroxylation is 1. The number of ether oxygens (including phenoxy) is 2. The van der Waals surface area contributed by atoms with E-state index in [-0.39, 0.29) is 12.5 Å². The van der Waals surface area contributed by atoms with Crippen molar-refractivity contribution in [2.24, 2.45) is 0 Å². The molecule has 0 atom stereocenters. The molecule has 0 radical (unpaired) electrons. The molecule has 3 aromatic rings. The van der Waals surface area contributed by atoms with Crippen molar-refractivity contribution in [2.75, 3.05) is 38.2 Å². The van der Waals surface area contributed by atoms with Gasteiger partial charge < -0.3 is 23.7 Å². The lowest BCUT2D eigenvalue weighted by atomic mass is 10.2. The van der Waals surface area contributed by atoms with E-state index >= 15 is 0 Å². The van der Waals surface area contributed by atoms with Gasteiger partial charge >= 0.3 is 0 Å². The first-order valence-corrected chi connectivity index (χ1v) is 10.3. The number of pyridine rings is 1. The molecule has 8 heteroatoms. The third-order valence-corrected chi connectivity index (χ3v) is 5.41. The van der Waals surface area contributed by atoms with Crippen molar-refractivity contribution >= 4 is 11.7 Å². The average Bonchev–Trinajstić information content (AvgIpc) is 3.23. The van der Waals surface area contributed by atoms with Crippen LogP contribution in [0.1, 0.15) is 27.4 Å². The molecule has 1 aliphatic heterocycles. The standard InChI is InChI=1S/C24H24N4O4/c1-17-22(14-21(32-17)16-31-20-5-3-19(30-2)4-6-20)24(29)28-11-9-27(10-12-28)23-13-18(15-25)7-8-26-23/h3-8,13-14H,9-12,16H2,1-2H3. The van der Waals surface area contributed by atoms with Gasteiger partial charge in [0.15, 0.2) is 0 Å². The van der Waals surface area contributed by atoms with Crippen molar-refractivity contribution in [3.05, 3.63) is 71.3 Å². The second kappa shape index (κ2) is 9.43. The number of hydrogen-bond acceptors (Lipinski definition) is 7. The molecule has 3 heterocycles. The molecule has 4 rings (SSSR count). The van der Waals surface area contributed by atoms with Crippen LogP contribution in [0.25, 0.3) is 0 Å². The summed E-state index contributed by atoms with van der Waals surface area (Å²) in [5, 5.41) is 9.08. The first kappa shape index (κ1) is 21.2. The Bertz CT molecular complexity index is 1130. The number of carbonyl (C=O) groups excluding carboxylic acids is 1.